The van der Waals surface area contributed by atoms with E-state index in [9.17, 15) is 9.59 Å². The topological polar surface area (TPSA) is 87.1 Å². The lowest BCUT2D eigenvalue weighted by Crippen LogP contribution is -2.46. The van der Waals surface area contributed by atoms with Gasteiger partial charge in [-0.3, -0.25) is 4.79 Å². The molecule has 0 spiro atoms. The summed E-state index contributed by atoms with van der Waals surface area (Å²) in [5, 5.41) is 18.0. The first-order chi connectivity index (χ1) is 9.13. The minimum Gasteiger partial charge on any atom is -0.479 e. The number of aliphatic hydroxyl groups excluding tert-OH is 1. The van der Waals surface area contributed by atoms with Crippen molar-refractivity contribution in [1.82, 2.24) is 4.90 Å². The molecule has 2 aliphatic rings. The third-order valence-electron chi connectivity index (χ3n) is 3.96. The average molecular weight is 271 g/mol. The van der Waals surface area contributed by atoms with Crippen LogP contribution in [0.5, 0.6) is 0 Å². The van der Waals surface area contributed by atoms with E-state index < -0.39 is 18.2 Å². The Morgan fingerprint density at radius 3 is 2.26 bits per heavy atom. The Labute approximate surface area is 112 Å². The normalized spacial score (nSPS) is 27.6. The van der Waals surface area contributed by atoms with E-state index in [1.165, 1.54) is 0 Å². The van der Waals surface area contributed by atoms with Gasteiger partial charge in [0.15, 0.2) is 6.10 Å². The van der Waals surface area contributed by atoms with Crippen LogP contribution in [0.3, 0.4) is 0 Å². The van der Waals surface area contributed by atoms with Crippen LogP contribution in [0.4, 0.5) is 0 Å². The van der Waals surface area contributed by atoms with Crippen molar-refractivity contribution >= 4 is 11.9 Å². The summed E-state index contributed by atoms with van der Waals surface area (Å²) in [6, 6.07) is 0.173. The molecule has 1 aliphatic carbocycles. The first kappa shape index (κ1) is 14.3. The molecule has 108 valence electrons. The minimum absolute atomic E-state index is 0.0721. The van der Waals surface area contributed by atoms with E-state index in [4.69, 9.17) is 14.9 Å². The summed E-state index contributed by atoms with van der Waals surface area (Å²) < 4.78 is 5.30. The Hall–Kier alpha value is -1.14. The molecule has 2 atom stereocenters. The molecule has 6 nitrogen and oxygen atoms in total. The predicted molar refractivity (Wildman–Crippen MR) is 66.6 cm³/mol. The molecular weight excluding hydrogens is 250 g/mol. The molecule has 1 saturated carbocycles. The highest BCUT2D eigenvalue weighted by Crippen LogP contribution is 2.27. The van der Waals surface area contributed by atoms with Gasteiger partial charge in [-0.1, -0.05) is 12.8 Å². The molecule has 0 radical (unpaired) electrons. The van der Waals surface area contributed by atoms with Gasteiger partial charge in [-0.05, 0) is 25.7 Å². The van der Waals surface area contributed by atoms with Gasteiger partial charge in [-0.15, -0.1) is 0 Å². The number of carboxylic acids is 1. The van der Waals surface area contributed by atoms with Gasteiger partial charge in [0.1, 0.15) is 6.10 Å². The van der Waals surface area contributed by atoms with Gasteiger partial charge in [0.25, 0.3) is 5.91 Å². The van der Waals surface area contributed by atoms with Gasteiger partial charge >= 0.3 is 5.97 Å². The van der Waals surface area contributed by atoms with Gasteiger partial charge in [-0.25, -0.2) is 4.79 Å². The quantitative estimate of drug-likeness (QED) is 0.755. The molecule has 6 heteroatoms. The number of nitrogens with zero attached hydrogens (tertiary/aromatic N) is 1. The van der Waals surface area contributed by atoms with E-state index in [0.29, 0.717) is 19.4 Å². The number of hydrogen-bond acceptors (Lipinski definition) is 4. The Morgan fingerprint density at radius 2 is 1.74 bits per heavy atom. The molecule has 1 amide bonds. The van der Waals surface area contributed by atoms with Crippen molar-refractivity contribution in [2.24, 2.45) is 0 Å². The van der Waals surface area contributed by atoms with E-state index in [0.717, 1.165) is 25.7 Å². The van der Waals surface area contributed by atoms with Crippen LogP contribution in [0.2, 0.25) is 0 Å². The van der Waals surface area contributed by atoms with Gasteiger partial charge in [0.05, 0.1) is 6.61 Å². The maximum absolute atomic E-state index is 12.4. The molecule has 2 fully saturated rings. The highest BCUT2D eigenvalue weighted by atomic mass is 16.5. The molecule has 19 heavy (non-hydrogen) atoms. The SMILES string of the molecule is O=C(O)[C@H]1CC[C@@H](C(=O)N(CCO)C2CCCC2)O1. The number of amides is 1. The molecular formula is C13H21NO5. The number of aliphatic hydroxyl groups is 1. The maximum atomic E-state index is 12.4. The minimum atomic E-state index is -1.01. The molecule has 1 aliphatic heterocycles. The standard InChI is InChI=1S/C13H21NO5/c15-8-7-14(9-3-1-2-4-9)12(16)10-5-6-11(19-10)13(17)18/h9-11,15H,1-8H2,(H,17,18)/t10-,11+/m0/s1. The van der Waals surface area contributed by atoms with Crippen LogP contribution in [0.25, 0.3) is 0 Å². The third-order valence-corrected chi connectivity index (χ3v) is 3.96. The Balaban J connectivity index is 1.97. The number of rotatable bonds is 5. The van der Waals surface area contributed by atoms with E-state index in [2.05, 4.69) is 0 Å². The van der Waals surface area contributed by atoms with E-state index in [1.54, 1.807) is 4.90 Å². The van der Waals surface area contributed by atoms with Crippen LogP contribution in [0.1, 0.15) is 38.5 Å². The van der Waals surface area contributed by atoms with Gasteiger partial charge in [-0.2, -0.15) is 0 Å². The highest BCUT2D eigenvalue weighted by Gasteiger charge is 2.38. The first-order valence-electron chi connectivity index (χ1n) is 6.93. The average Bonchev–Trinajstić information content (AvgIpc) is 3.05. The molecule has 0 aromatic heterocycles. The van der Waals surface area contributed by atoms with Crippen molar-refractivity contribution in [3.8, 4) is 0 Å². The molecule has 1 saturated heterocycles. The summed E-state index contributed by atoms with van der Waals surface area (Å²) in [5.74, 6) is -1.17. The van der Waals surface area contributed by atoms with E-state index in [1.807, 2.05) is 0 Å². The van der Waals surface area contributed by atoms with Crippen molar-refractivity contribution in [2.45, 2.75) is 56.8 Å². The van der Waals surface area contributed by atoms with Crippen LogP contribution in [-0.4, -0.2) is 58.4 Å². The monoisotopic (exact) mass is 271 g/mol. The lowest BCUT2D eigenvalue weighted by Gasteiger charge is -2.30. The molecule has 0 bridgehead atoms. The number of aliphatic carboxylic acids is 1. The predicted octanol–water partition coefficient (Wildman–Crippen LogP) is 0.382. The Morgan fingerprint density at radius 1 is 1.11 bits per heavy atom. The van der Waals surface area contributed by atoms with Gasteiger partial charge < -0.3 is 19.8 Å². The van der Waals surface area contributed by atoms with Gasteiger partial charge in [0.2, 0.25) is 0 Å². The van der Waals surface area contributed by atoms with Crippen LogP contribution < -0.4 is 0 Å². The second kappa shape index (κ2) is 6.34. The maximum Gasteiger partial charge on any atom is 0.332 e. The Bertz CT molecular complexity index is 340. The molecule has 0 aromatic carbocycles. The lowest BCUT2D eigenvalue weighted by atomic mass is 10.1. The summed E-state index contributed by atoms with van der Waals surface area (Å²) in [7, 11) is 0. The van der Waals surface area contributed by atoms with E-state index >= 15 is 0 Å². The van der Waals surface area contributed by atoms with Crippen LogP contribution in [-0.2, 0) is 14.3 Å². The molecule has 2 rings (SSSR count). The van der Waals surface area contributed by atoms with Crippen LogP contribution >= 0.6 is 0 Å². The summed E-state index contributed by atoms with van der Waals surface area (Å²) in [6.07, 6.45) is 3.42. The first-order valence-corrected chi connectivity index (χ1v) is 6.93. The van der Waals surface area contributed by atoms with Crippen molar-refractivity contribution < 1.29 is 24.5 Å². The smallest absolute Gasteiger partial charge is 0.332 e. The largest absolute Gasteiger partial charge is 0.479 e. The third kappa shape index (κ3) is 3.25. The second-order valence-corrected chi connectivity index (χ2v) is 5.22. The number of ether oxygens (including phenoxy) is 1. The molecule has 1 heterocycles. The number of hydrogen-bond donors (Lipinski definition) is 2. The zero-order chi connectivity index (χ0) is 13.8. The zero-order valence-electron chi connectivity index (χ0n) is 11.0. The second-order valence-electron chi connectivity index (χ2n) is 5.22. The highest BCUT2D eigenvalue weighted by molar-refractivity contribution is 5.83. The molecule has 2 N–H and O–H groups in total. The lowest BCUT2D eigenvalue weighted by molar-refractivity contribution is -0.156. The summed E-state index contributed by atoms with van der Waals surface area (Å²) >= 11 is 0. The fraction of sp³-hybridized carbons (Fsp3) is 0.846. The summed E-state index contributed by atoms with van der Waals surface area (Å²) in [6.45, 7) is 0.235. The van der Waals surface area contributed by atoms with Crippen molar-refractivity contribution in [1.29, 1.82) is 0 Å². The van der Waals surface area contributed by atoms with Crippen molar-refractivity contribution in [3.63, 3.8) is 0 Å². The number of carbonyl (C=O) groups is 2. The van der Waals surface area contributed by atoms with Crippen LogP contribution in [0, 0.1) is 0 Å². The van der Waals surface area contributed by atoms with Gasteiger partial charge in [0, 0.05) is 12.6 Å². The summed E-state index contributed by atoms with van der Waals surface area (Å²) in [5.41, 5.74) is 0. The fourth-order valence-electron chi connectivity index (χ4n) is 2.98. The molecule has 0 unspecified atom stereocenters. The van der Waals surface area contributed by atoms with Crippen molar-refractivity contribution in [3.05, 3.63) is 0 Å². The number of carbonyl (C=O) groups excluding carboxylic acids is 1. The summed E-state index contributed by atoms with van der Waals surface area (Å²) in [4.78, 5) is 24.9. The van der Waals surface area contributed by atoms with E-state index in [-0.39, 0.29) is 18.6 Å². The fourth-order valence-corrected chi connectivity index (χ4v) is 2.98. The number of carboxylic acid groups (broad SMARTS) is 1. The molecule has 0 aromatic rings. The Kier molecular flexibility index (Phi) is 4.76. The van der Waals surface area contributed by atoms with Crippen LogP contribution in [0.15, 0.2) is 0 Å². The van der Waals surface area contributed by atoms with Crippen molar-refractivity contribution in [2.75, 3.05) is 13.2 Å². The zero-order valence-corrected chi connectivity index (χ0v) is 11.0.